The third-order valence-electron chi connectivity index (χ3n) is 5.78. The van der Waals surface area contributed by atoms with E-state index in [2.05, 4.69) is 5.32 Å². The van der Waals surface area contributed by atoms with Crippen molar-refractivity contribution in [2.75, 3.05) is 5.32 Å². The fraction of sp³-hybridized carbons (Fsp3) is 0.103. The molecule has 0 unspecified atom stereocenters. The first-order chi connectivity index (χ1) is 17.8. The van der Waals surface area contributed by atoms with Crippen LogP contribution in [0.3, 0.4) is 0 Å². The van der Waals surface area contributed by atoms with Crippen molar-refractivity contribution in [3.05, 3.63) is 116 Å². The first-order valence-corrected chi connectivity index (χ1v) is 12.4. The smallest absolute Gasteiger partial charge is 0.266 e. The average molecular weight is 551 g/mol. The molecule has 0 aliphatic carbocycles. The monoisotopic (exact) mass is 549 g/mol. The summed E-state index contributed by atoms with van der Waals surface area (Å²) in [6, 6.07) is 24.1. The topological polar surface area (TPSA) is 67.0 Å². The normalized spacial score (nSPS) is 11.2. The summed E-state index contributed by atoms with van der Waals surface area (Å²) < 4.78 is 7.93. The molecule has 0 bridgehead atoms. The number of benzene rings is 3. The van der Waals surface area contributed by atoms with Gasteiger partial charge in [0.25, 0.3) is 5.91 Å². The standard InChI is InChI=1S/C29H22Cl3N3O2/c1-18-14-21(15-22(16-33)29(36)34-27-9-5-8-26(31)28(27)32)19(2)35(18)23-10-12-24(13-11-23)37-17-20-6-3-4-7-25(20)30/h3-15H,17H2,1-2H3,(H,34,36)/b22-15-. The van der Waals surface area contributed by atoms with Crippen LogP contribution in [0, 0.1) is 25.2 Å². The first-order valence-electron chi connectivity index (χ1n) is 11.3. The SMILES string of the molecule is Cc1cc(/C=C(/C#N)C(=O)Nc2cccc(Cl)c2Cl)c(C)n1-c1ccc(OCc2ccccc2Cl)cc1. The Hall–Kier alpha value is -3.69. The van der Waals surface area contributed by atoms with Crippen molar-refractivity contribution < 1.29 is 9.53 Å². The third kappa shape index (κ3) is 6.00. The number of aromatic nitrogens is 1. The van der Waals surface area contributed by atoms with Crippen LogP contribution in [0.25, 0.3) is 11.8 Å². The summed E-state index contributed by atoms with van der Waals surface area (Å²) in [5.74, 6) is 0.144. The number of amides is 1. The second-order valence-corrected chi connectivity index (χ2v) is 9.45. The van der Waals surface area contributed by atoms with Crippen LogP contribution in [-0.2, 0) is 11.4 Å². The number of aryl methyl sites for hydroxylation is 1. The number of nitriles is 1. The lowest BCUT2D eigenvalue weighted by Crippen LogP contribution is -2.13. The van der Waals surface area contributed by atoms with E-state index in [4.69, 9.17) is 39.5 Å². The van der Waals surface area contributed by atoms with E-state index in [9.17, 15) is 10.1 Å². The third-order valence-corrected chi connectivity index (χ3v) is 6.97. The van der Waals surface area contributed by atoms with Crippen LogP contribution in [0.2, 0.25) is 15.1 Å². The molecule has 0 saturated heterocycles. The number of anilines is 1. The average Bonchev–Trinajstić information content (AvgIpc) is 3.17. The van der Waals surface area contributed by atoms with Crippen LogP contribution < -0.4 is 10.1 Å². The van der Waals surface area contributed by atoms with Gasteiger partial charge >= 0.3 is 0 Å². The number of hydrogen-bond acceptors (Lipinski definition) is 3. The molecule has 5 nitrogen and oxygen atoms in total. The molecule has 0 atom stereocenters. The van der Waals surface area contributed by atoms with E-state index in [-0.39, 0.29) is 10.6 Å². The molecular formula is C29H22Cl3N3O2. The van der Waals surface area contributed by atoms with Crippen molar-refractivity contribution in [1.82, 2.24) is 4.57 Å². The maximum atomic E-state index is 12.8. The molecule has 1 N–H and O–H groups in total. The summed E-state index contributed by atoms with van der Waals surface area (Å²) in [6.45, 7) is 4.26. The number of carbonyl (C=O) groups is 1. The zero-order chi connectivity index (χ0) is 26.5. The molecule has 37 heavy (non-hydrogen) atoms. The van der Waals surface area contributed by atoms with Gasteiger partial charge in [-0.15, -0.1) is 0 Å². The number of rotatable bonds is 7. The van der Waals surface area contributed by atoms with Crippen LogP contribution in [0.5, 0.6) is 5.75 Å². The van der Waals surface area contributed by atoms with E-state index in [0.29, 0.717) is 22.3 Å². The van der Waals surface area contributed by atoms with Gasteiger partial charge in [0.15, 0.2) is 0 Å². The molecule has 0 aliphatic rings. The van der Waals surface area contributed by atoms with Gasteiger partial charge in [0.05, 0.1) is 15.7 Å². The van der Waals surface area contributed by atoms with Crippen LogP contribution in [-0.4, -0.2) is 10.5 Å². The van der Waals surface area contributed by atoms with Crippen LogP contribution in [0.1, 0.15) is 22.5 Å². The molecule has 1 aromatic heterocycles. The van der Waals surface area contributed by atoms with Gasteiger partial charge < -0.3 is 14.6 Å². The second-order valence-electron chi connectivity index (χ2n) is 8.26. The summed E-state index contributed by atoms with van der Waals surface area (Å²) in [6.07, 6.45) is 1.56. The Balaban J connectivity index is 1.53. The molecule has 4 rings (SSSR count). The predicted octanol–water partition coefficient (Wildman–Crippen LogP) is 8.18. The summed E-state index contributed by atoms with van der Waals surface area (Å²) in [5.41, 5.74) is 4.69. The van der Waals surface area contributed by atoms with Gasteiger partial charge in [-0.25, -0.2) is 0 Å². The predicted molar refractivity (Wildman–Crippen MR) is 150 cm³/mol. The minimum Gasteiger partial charge on any atom is -0.489 e. The fourth-order valence-corrected chi connectivity index (χ4v) is 4.43. The summed E-state index contributed by atoms with van der Waals surface area (Å²) >= 11 is 18.4. The number of halogens is 3. The van der Waals surface area contributed by atoms with Gasteiger partial charge in [-0.05, 0) is 74.0 Å². The molecule has 0 spiro atoms. The Kier molecular flexibility index (Phi) is 8.25. The van der Waals surface area contributed by atoms with E-state index in [0.717, 1.165) is 34.0 Å². The van der Waals surface area contributed by atoms with Crippen molar-refractivity contribution in [3.63, 3.8) is 0 Å². The Labute approximate surface area is 230 Å². The second kappa shape index (κ2) is 11.6. The fourth-order valence-electron chi connectivity index (χ4n) is 3.89. The highest BCUT2D eigenvalue weighted by atomic mass is 35.5. The first kappa shape index (κ1) is 26.4. The van der Waals surface area contributed by atoms with E-state index >= 15 is 0 Å². The van der Waals surface area contributed by atoms with Crippen molar-refractivity contribution in [2.24, 2.45) is 0 Å². The zero-order valence-corrected chi connectivity index (χ0v) is 22.3. The molecule has 0 fully saturated rings. The van der Waals surface area contributed by atoms with Crippen LogP contribution in [0.15, 0.2) is 78.4 Å². The van der Waals surface area contributed by atoms with Gasteiger partial charge in [0.2, 0.25) is 0 Å². The molecule has 1 heterocycles. The Morgan fingerprint density at radius 1 is 1.00 bits per heavy atom. The van der Waals surface area contributed by atoms with E-state index in [1.807, 2.05) is 79.1 Å². The molecule has 186 valence electrons. The Morgan fingerprint density at radius 2 is 1.70 bits per heavy atom. The highest BCUT2D eigenvalue weighted by Gasteiger charge is 2.16. The Bertz CT molecular complexity index is 1530. The van der Waals surface area contributed by atoms with Crippen LogP contribution in [0.4, 0.5) is 5.69 Å². The number of ether oxygens (including phenoxy) is 1. The van der Waals surface area contributed by atoms with E-state index in [1.54, 1.807) is 24.3 Å². The maximum absolute atomic E-state index is 12.8. The van der Waals surface area contributed by atoms with Gasteiger partial charge in [-0.1, -0.05) is 59.1 Å². The molecular weight excluding hydrogens is 529 g/mol. The molecule has 0 radical (unpaired) electrons. The van der Waals surface area contributed by atoms with Crippen molar-refractivity contribution in [1.29, 1.82) is 5.26 Å². The number of carbonyl (C=O) groups excluding carboxylic acids is 1. The zero-order valence-electron chi connectivity index (χ0n) is 20.1. The lowest BCUT2D eigenvalue weighted by atomic mass is 10.1. The quantitative estimate of drug-likeness (QED) is 0.186. The van der Waals surface area contributed by atoms with Gasteiger partial charge in [-0.3, -0.25) is 4.79 Å². The Morgan fingerprint density at radius 3 is 2.41 bits per heavy atom. The molecule has 0 aliphatic heterocycles. The minimum absolute atomic E-state index is 0.0559. The van der Waals surface area contributed by atoms with Gasteiger partial charge in [0, 0.05) is 27.7 Å². The minimum atomic E-state index is -0.573. The number of hydrogen-bond donors (Lipinski definition) is 1. The summed E-state index contributed by atoms with van der Waals surface area (Å²) in [4.78, 5) is 12.8. The number of nitrogens with zero attached hydrogens (tertiary/aromatic N) is 2. The van der Waals surface area contributed by atoms with E-state index in [1.165, 1.54) is 0 Å². The van der Waals surface area contributed by atoms with Crippen molar-refractivity contribution in [3.8, 4) is 17.5 Å². The molecule has 4 aromatic rings. The number of nitrogens with one attached hydrogen (secondary N) is 1. The summed E-state index contributed by atoms with van der Waals surface area (Å²) in [7, 11) is 0. The summed E-state index contributed by atoms with van der Waals surface area (Å²) in [5, 5.41) is 13.5. The maximum Gasteiger partial charge on any atom is 0.266 e. The van der Waals surface area contributed by atoms with Crippen molar-refractivity contribution >= 4 is 52.5 Å². The van der Waals surface area contributed by atoms with Gasteiger partial charge in [-0.2, -0.15) is 5.26 Å². The van der Waals surface area contributed by atoms with Crippen molar-refractivity contribution in [2.45, 2.75) is 20.5 Å². The molecule has 0 saturated carbocycles. The molecule has 8 heteroatoms. The lowest BCUT2D eigenvalue weighted by molar-refractivity contribution is -0.112. The van der Waals surface area contributed by atoms with Gasteiger partial charge in [0.1, 0.15) is 24.0 Å². The van der Waals surface area contributed by atoms with E-state index < -0.39 is 5.91 Å². The lowest BCUT2D eigenvalue weighted by Gasteiger charge is -2.12. The highest BCUT2D eigenvalue weighted by Crippen LogP contribution is 2.30. The molecule has 1 amide bonds. The highest BCUT2D eigenvalue weighted by molar-refractivity contribution is 6.44. The van der Waals surface area contributed by atoms with Crippen LogP contribution >= 0.6 is 34.8 Å². The largest absolute Gasteiger partial charge is 0.489 e. The molecule has 3 aromatic carbocycles.